The van der Waals surface area contributed by atoms with E-state index in [0.29, 0.717) is 24.7 Å². The number of nitrogens with one attached hydrogen (secondary N) is 1. The smallest absolute Gasteiger partial charge is 0.148 e. The zero-order valence-electron chi connectivity index (χ0n) is 12.6. The van der Waals surface area contributed by atoms with E-state index in [1.807, 2.05) is 0 Å². The van der Waals surface area contributed by atoms with Gasteiger partial charge in [0.15, 0.2) is 0 Å². The van der Waals surface area contributed by atoms with Crippen LogP contribution in [0.5, 0.6) is 0 Å². The number of aromatic nitrogens is 2. The molecule has 0 aliphatic rings. The van der Waals surface area contributed by atoms with E-state index in [2.05, 4.69) is 47.1 Å². The van der Waals surface area contributed by atoms with Crippen LogP contribution < -0.4 is 16.2 Å². The van der Waals surface area contributed by atoms with Crippen LogP contribution in [0.2, 0.25) is 0 Å². The lowest BCUT2D eigenvalue weighted by molar-refractivity contribution is 0.605. The first-order chi connectivity index (χ1) is 9.63. The number of hydrogen-bond acceptors (Lipinski definition) is 6. The summed E-state index contributed by atoms with van der Waals surface area (Å²) in [5, 5.41) is 8.83. The van der Waals surface area contributed by atoms with Gasteiger partial charge in [0, 0.05) is 18.7 Å². The Morgan fingerprint density at radius 3 is 2.75 bits per heavy atom. The first-order valence-corrected chi connectivity index (χ1v) is 7.06. The molecule has 0 spiro atoms. The summed E-state index contributed by atoms with van der Waals surface area (Å²) in [7, 11) is 0. The summed E-state index contributed by atoms with van der Waals surface area (Å²) in [4.78, 5) is 10.8. The number of anilines is 2. The topological polar surface area (TPSA) is 90.9 Å². The van der Waals surface area contributed by atoms with Crippen molar-refractivity contribution in [1.29, 1.82) is 5.26 Å². The Morgan fingerprint density at radius 2 is 2.20 bits per heavy atom. The summed E-state index contributed by atoms with van der Waals surface area (Å²) >= 11 is 0. The largest absolute Gasteiger partial charge is 0.355 e. The third-order valence-corrected chi connectivity index (χ3v) is 2.94. The molecule has 0 bridgehead atoms. The fourth-order valence-electron chi connectivity index (χ4n) is 2.19. The van der Waals surface area contributed by atoms with Gasteiger partial charge >= 0.3 is 0 Å². The number of hydrazine groups is 1. The van der Waals surface area contributed by atoms with Crippen LogP contribution in [0.15, 0.2) is 6.33 Å². The van der Waals surface area contributed by atoms with Crippen molar-refractivity contribution in [3.63, 3.8) is 0 Å². The number of rotatable bonds is 8. The second-order valence-electron chi connectivity index (χ2n) is 5.17. The Labute approximate surface area is 121 Å². The molecule has 0 aromatic carbocycles. The van der Waals surface area contributed by atoms with E-state index in [0.717, 1.165) is 30.8 Å². The maximum atomic E-state index is 8.83. The van der Waals surface area contributed by atoms with Gasteiger partial charge in [0.2, 0.25) is 0 Å². The molecule has 1 aromatic heterocycles. The molecule has 0 atom stereocenters. The molecular formula is C14H24N6. The van der Waals surface area contributed by atoms with E-state index in [9.17, 15) is 0 Å². The molecule has 1 heterocycles. The first-order valence-electron chi connectivity index (χ1n) is 7.06. The van der Waals surface area contributed by atoms with Crippen LogP contribution in [0.1, 0.15) is 39.2 Å². The zero-order chi connectivity index (χ0) is 15.0. The average Bonchev–Trinajstić information content (AvgIpc) is 2.43. The van der Waals surface area contributed by atoms with Gasteiger partial charge in [-0.1, -0.05) is 27.2 Å². The van der Waals surface area contributed by atoms with E-state index in [1.54, 1.807) is 0 Å². The number of nitrogens with two attached hydrogens (primary N) is 1. The van der Waals surface area contributed by atoms with Crippen LogP contribution in [0.25, 0.3) is 0 Å². The molecule has 6 heteroatoms. The van der Waals surface area contributed by atoms with Gasteiger partial charge in [-0.3, -0.25) is 0 Å². The van der Waals surface area contributed by atoms with Crippen molar-refractivity contribution in [1.82, 2.24) is 9.97 Å². The minimum atomic E-state index is 0.480. The van der Waals surface area contributed by atoms with Gasteiger partial charge < -0.3 is 10.3 Å². The van der Waals surface area contributed by atoms with E-state index < -0.39 is 0 Å². The molecule has 20 heavy (non-hydrogen) atoms. The highest BCUT2D eigenvalue weighted by Crippen LogP contribution is 2.25. The molecule has 0 unspecified atom stereocenters. The van der Waals surface area contributed by atoms with Gasteiger partial charge in [-0.25, -0.2) is 15.8 Å². The highest BCUT2D eigenvalue weighted by molar-refractivity contribution is 5.58. The van der Waals surface area contributed by atoms with E-state index in [-0.39, 0.29) is 0 Å². The zero-order valence-corrected chi connectivity index (χ0v) is 12.6. The minimum Gasteiger partial charge on any atom is -0.355 e. The van der Waals surface area contributed by atoms with E-state index in [1.165, 1.54) is 6.33 Å². The Bertz CT molecular complexity index is 451. The van der Waals surface area contributed by atoms with Crippen molar-refractivity contribution in [3.05, 3.63) is 11.9 Å². The molecule has 3 N–H and O–H groups in total. The molecule has 1 rings (SSSR count). The van der Waals surface area contributed by atoms with Crippen LogP contribution in [0, 0.1) is 17.2 Å². The predicted molar refractivity (Wildman–Crippen MR) is 81.1 cm³/mol. The number of nitriles is 1. The SMILES string of the molecule is CCCc1c(NN)ncnc1N(CCC#N)CC(C)C. The molecule has 6 nitrogen and oxygen atoms in total. The lowest BCUT2D eigenvalue weighted by atomic mass is 10.1. The summed E-state index contributed by atoms with van der Waals surface area (Å²) < 4.78 is 0. The van der Waals surface area contributed by atoms with Crippen molar-refractivity contribution in [2.24, 2.45) is 11.8 Å². The predicted octanol–water partition coefficient (Wildman–Crippen LogP) is 2.09. The summed E-state index contributed by atoms with van der Waals surface area (Å²) in [5.41, 5.74) is 3.67. The molecular weight excluding hydrogens is 252 g/mol. The second kappa shape index (κ2) is 8.33. The van der Waals surface area contributed by atoms with Crippen LogP contribution in [0.3, 0.4) is 0 Å². The van der Waals surface area contributed by atoms with Gasteiger partial charge in [-0.05, 0) is 12.3 Å². The second-order valence-corrected chi connectivity index (χ2v) is 5.17. The van der Waals surface area contributed by atoms with Crippen molar-refractivity contribution >= 4 is 11.6 Å². The fourth-order valence-corrected chi connectivity index (χ4v) is 2.19. The Balaban J connectivity index is 3.13. The van der Waals surface area contributed by atoms with Gasteiger partial charge in [0.05, 0.1) is 12.5 Å². The number of hydrogen-bond donors (Lipinski definition) is 2. The monoisotopic (exact) mass is 276 g/mol. The molecule has 1 aromatic rings. The van der Waals surface area contributed by atoms with E-state index >= 15 is 0 Å². The summed E-state index contributed by atoms with van der Waals surface area (Å²) in [6, 6.07) is 2.20. The maximum absolute atomic E-state index is 8.83. The number of nitrogen functional groups attached to an aromatic ring is 1. The summed E-state index contributed by atoms with van der Waals surface area (Å²) in [6.45, 7) is 7.95. The quantitative estimate of drug-likeness (QED) is 0.558. The minimum absolute atomic E-state index is 0.480. The third kappa shape index (κ3) is 4.35. The summed E-state index contributed by atoms with van der Waals surface area (Å²) in [5.74, 6) is 7.59. The molecule has 0 aliphatic carbocycles. The van der Waals surface area contributed by atoms with Crippen LogP contribution >= 0.6 is 0 Å². The lowest BCUT2D eigenvalue weighted by Gasteiger charge is -2.27. The highest BCUT2D eigenvalue weighted by atomic mass is 15.3. The normalized spacial score (nSPS) is 10.4. The molecule has 0 saturated carbocycles. The van der Waals surface area contributed by atoms with Crippen LogP contribution in [-0.2, 0) is 6.42 Å². The first kappa shape index (κ1) is 16.2. The maximum Gasteiger partial charge on any atom is 0.148 e. The van der Waals surface area contributed by atoms with Crippen LogP contribution in [-0.4, -0.2) is 23.1 Å². The third-order valence-electron chi connectivity index (χ3n) is 2.94. The summed E-state index contributed by atoms with van der Waals surface area (Å²) in [6.07, 6.45) is 3.84. The molecule has 0 saturated heterocycles. The highest BCUT2D eigenvalue weighted by Gasteiger charge is 2.17. The van der Waals surface area contributed by atoms with Gasteiger partial charge in [-0.15, -0.1) is 0 Å². The Hall–Kier alpha value is -1.87. The van der Waals surface area contributed by atoms with Gasteiger partial charge in [0.25, 0.3) is 0 Å². The molecule has 0 radical (unpaired) electrons. The van der Waals surface area contributed by atoms with Crippen molar-refractivity contribution in [2.45, 2.75) is 40.0 Å². The lowest BCUT2D eigenvalue weighted by Crippen LogP contribution is -2.31. The van der Waals surface area contributed by atoms with Gasteiger partial charge in [-0.2, -0.15) is 5.26 Å². The standard InChI is InChI=1S/C14H24N6/c1-4-6-12-13(19-16)17-10-18-14(12)20(8-5-7-15)9-11(2)3/h10-11H,4-6,8-9,16H2,1-3H3,(H,17,18,19). The molecule has 0 fully saturated rings. The molecule has 0 aliphatic heterocycles. The van der Waals surface area contributed by atoms with Gasteiger partial charge in [0.1, 0.15) is 18.0 Å². The van der Waals surface area contributed by atoms with Crippen molar-refractivity contribution in [2.75, 3.05) is 23.4 Å². The number of nitrogens with zero attached hydrogens (tertiary/aromatic N) is 4. The molecule has 110 valence electrons. The molecule has 0 amide bonds. The fraction of sp³-hybridized carbons (Fsp3) is 0.643. The van der Waals surface area contributed by atoms with Crippen molar-refractivity contribution in [3.8, 4) is 6.07 Å². The average molecular weight is 276 g/mol. The Kier molecular flexibility index (Phi) is 6.74. The van der Waals surface area contributed by atoms with Crippen molar-refractivity contribution < 1.29 is 0 Å². The van der Waals surface area contributed by atoms with Crippen LogP contribution in [0.4, 0.5) is 11.6 Å². The Morgan fingerprint density at radius 1 is 1.45 bits per heavy atom. The van der Waals surface area contributed by atoms with E-state index in [4.69, 9.17) is 11.1 Å².